The molecule has 0 aromatic heterocycles. The van der Waals surface area contributed by atoms with Crippen LogP contribution in [0, 0.1) is 19.7 Å². The Bertz CT molecular complexity index is 733. The Morgan fingerprint density at radius 1 is 1.00 bits per heavy atom. The van der Waals surface area contributed by atoms with Gasteiger partial charge in [0.25, 0.3) is 0 Å². The normalized spacial score (nSPS) is 10.4. The summed E-state index contributed by atoms with van der Waals surface area (Å²) in [6.07, 6.45) is 0. The molecule has 2 N–H and O–H groups in total. The molecule has 0 bridgehead atoms. The summed E-state index contributed by atoms with van der Waals surface area (Å²) in [7, 11) is 0. The van der Waals surface area contributed by atoms with Crippen LogP contribution in [0.2, 0.25) is 5.02 Å². The average molecular weight is 381 g/mol. The molecule has 0 fully saturated rings. The minimum Gasteiger partial charge on any atom is -0.325 e. The summed E-state index contributed by atoms with van der Waals surface area (Å²) in [5.41, 5.74) is 2.92. The molecular formula is C18H18ClFN2O2S. The summed E-state index contributed by atoms with van der Waals surface area (Å²) in [6.45, 7) is 3.90. The first-order valence-corrected chi connectivity index (χ1v) is 9.08. The summed E-state index contributed by atoms with van der Waals surface area (Å²) in [6, 6.07) is 9.77. The third-order valence-electron chi connectivity index (χ3n) is 3.33. The van der Waals surface area contributed by atoms with Crippen LogP contribution in [0.5, 0.6) is 0 Å². The second-order valence-electron chi connectivity index (χ2n) is 5.53. The summed E-state index contributed by atoms with van der Waals surface area (Å²) < 4.78 is 13.6. The first-order chi connectivity index (χ1) is 11.8. The predicted molar refractivity (Wildman–Crippen MR) is 102 cm³/mol. The summed E-state index contributed by atoms with van der Waals surface area (Å²) in [4.78, 5) is 23.8. The lowest BCUT2D eigenvalue weighted by Crippen LogP contribution is -2.19. The van der Waals surface area contributed by atoms with Crippen LogP contribution < -0.4 is 10.6 Å². The van der Waals surface area contributed by atoms with E-state index in [1.165, 1.54) is 12.1 Å². The largest absolute Gasteiger partial charge is 0.325 e. The molecule has 2 amide bonds. The Labute approximate surface area is 155 Å². The number of hydrogen-bond acceptors (Lipinski definition) is 3. The average Bonchev–Trinajstić information content (AvgIpc) is 2.53. The van der Waals surface area contributed by atoms with E-state index in [0.29, 0.717) is 0 Å². The SMILES string of the molecule is Cc1ccc(NC(=O)CSCC(=O)Nc2ccc(Cl)cc2F)c(C)c1. The van der Waals surface area contributed by atoms with Crippen molar-refractivity contribution in [3.8, 4) is 0 Å². The Hall–Kier alpha value is -2.05. The fourth-order valence-corrected chi connectivity index (χ4v) is 2.93. The van der Waals surface area contributed by atoms with E-state index in [0.717, 1.165) is 34.6 Å². The number of amides is 2. The minimum absolute atomic E-state index is 0.0440. The van der Waals surface area contributed by atoms with Gasteiger partial charge in [-0.3, -0.25) is 9.59 Å². The highest BCUT2D eigenvalue weighted by atomic mass is 35.5. The van der Waals surface area contributed by atoms with Crippen molar-refractivity contribution in [1.82, 2.24) is 0 Å². The Morgan fingerprint density at radius 3 is 2.20 bits per heavy atom. The van der Waals surface area contributed by atoms with E-state index in [2.05, 4.69) is 10.6 Å². The van der Waals surface area contributed by atoms with Crippen molar-refractivity contribution in [3.05, 3.63) is 58.4 Å². The topological polar surface area (TPSA) is 58.2 Å². The lowest BCUT2D eigenvalue weighted by Gasteiger charge is -2.09. The van der Waals surface area contributed by atoms with E-state index < -0.39 is 5.82 Å². The van der Waals surface area contributed by atoms with Crippen molar-refractivity contribution in [1.29, 1.82) is 0 Å². The molecule has 2 aromatic rings. The summed E-state index contributed by atoms with van der Waals surface area (Å²) in [5, 5.41) is 5.52. The molecule has 0 unspecified atom stereocenters. The zero-order valence-corrected chi connectivity index (χ0v) is 15.4. The van der Waals surface area contributed by atoms with Gasteiger partial charge in [-0.1, -0.05) is 29.3 Å². The van der Waals surface area contributed by atoms with E-state index >= 15 is 0 Å². The lowest BCUT2D eigenvalue weighted by molar-refractivity contribution is -0.114. The fraction of sp³-hybridized carbons (Fsp3) is 0.222. The van der Waals surface area contributed by atoms with E-state index in [9.17, 15) is 14.0 Å². The maximum atomic E-state index is 13.6. The van der Waals surface area contributed by atoms with Gasteiger partial charge >= 0.3 is 0 Å². The van der Waals surface area contributed by atoms with Crippen LogP contribution in [0.1, 0.15) is 11.1 Å². The molecule has 0 aliphatic rings. The number of rotatable bonds is 6. The molecule has 2 aromatic carbocycles. The molecule has 0 radical (unpaired) electrons. The highest BCUT2D eigenvalue weighted by Crippen LogP contribution is 2.19. The molecule has 25 heavy (non-hydrogen) atoms. The van der Waals surface area contributed by atoms with Gasteiger partial charge in [0.05, 0.1) is 17.2 Å². The molecule has 0 saturated carbocycles. The molecule has 0 saturated heterocycles. The van der Waals surface area contributed by atoms with E-state index in [4.69, 9.17) is 11.6 Å². The number of carbonyl (C=O) groups is 2. The molecule has 0 aliphatic carbocycles. The van der Waals surface area contributed by atoms with Crippen LogP contribution in [0.4, 0.5) is 15.8 Å². The molecule has 0 heterocycles. The first-order valence-electron chi connectivity index (χ1n) is 7.55. The second-order valence-corrected chi connectivity index (χ2v) is 6.95. The first kappa shape index (κ1) is 19.3. The van der Waals surface area contributed by atoms with Gasteiger partial charge in [0.15, 0.2) is 0 Å². The zero-order valence-electron chi connectivity index (χ0n) is 13.9. The van der Waals surface area contributed by atoms with Crippen molar-refractivity contribution in [2.75, 3.05) is 22.1 Å². The van der Waals surface area contributed by atoms with Crippen LogP contribution in [-0.4, -0.2) is 23.3 Å². The van der Waals surface area contributed by atoms with Gasteiger partial charge < -0.3 is 10.6 Å². The van der Waals surface area contributed by atoms with Crippen LogP contribution in [0.25, 0.3) is 0 Å². The van der Waals surface area contributed by atoms with Crippen molar-refractivity contribution in [3.63, 3.8) is 0 Å². The Balaban J connectivity index is 1.77. The second kappa shape index (κ2) is 8.87. The molecule has 7 heteroatoms. The highest BCUT2D eigenvalue weighted by Gasteiger charge is 2.10. The van der Waals surface area contributed by atoms with Crippen molar-refractivity contribution in [2.45, 2.75) is 13.8 Å². The number of benzene rings is 2. The van der Waals surface area contributed by atoms with Gasteiger partial charge in [0.1, 0.15) is 5.82 Å². The quantitative estimate of drug-likeness (QED) is 0.780. The smallest absolute Gasteiger partial charge is 0.234 e. The third kappa shape index (κ3) is 6.07. The van der Waals surface area contributed by atoms with Crippen molar-refractivity contribution >= 4 is 46.6 Å². The number of nitrogens with one attached hydrogen (secondary N) is 2. The van der Waals surface area contributed by atoms with Gasteiger partial charge in [0, 0.05) is 10.7 Å². The number of hydrogen-bond donors (Lipinski definition) is 2. The Morgan fingerprint density at radius 2 is 1.60 bits per heavy atom. The van der Waals surface area contributed by atoms with Gasteiger partial charge in [-0.05, 0) is 43.7 Å². The van der Waals surface area contributed by atoms with Gasteiger partial charge in [0.2, 0.25) is 11.8 Å². The van der Waals surface area contributed by atoms with Crippen molar-refractivity contribution < 1.29 is 14.0 Å². The van der Waals surface area contributed by atoms with E-state index in [1.807, 2.05) is 32.0 Å². The van der Waals surface area contributed by atoms with Gasteiger partial charge in [-0.25, -0.2) is 4.39 Å². The van der Waals surface area contributed by atoms with Crippen LogP contribution in [0.15, 0.2) is 36.4 Å². The number of aryl methyl sites for hydroxylation is 2. The van der Waals surface area contributed by atoms with Gasteiger partial charge in [-0.2, -0.15) is 0 Å². The lowest BCUT2D eigenvalue weighted by atomic mass is 10.1. The molecule has 2 rings (SSSR count). The van der Waals surface area contributed by atoms with Crippen LogP contribution >= 0.6 is 23.4 Å². The monoisotopic (exact) mass is 380 g/mol. The molecular weight excluding hydrogens is 363 g/mol. The molecule has 0 atom stereocenters. The molecule has 132 valence electrons. The van der Waals surface area contributed by atoms with E-state index in [-0.39, 0.29) is 34.0 Å². The van der Waals surface area contributed by atoms with Crippen LogP contribution in [-0.2, 0) is 9.59 Å². The zero-order chi connectivity index (χ0) is 18.4. The number of halogens is 2. The molecule has 4 nitrogen and oxygen atoms in total. The fourth-order valence-electron chi connectivity index (χ4n) is 2.15. The van der Waals surface area contributed by atoms with Crippen molar-refractivity contribution in [2.24, 2.45) is 0 Å². The van der Waals surface area contributed by atoms with Crippen LogP contribution in [0.3, 0.4) is 0 Å². The summed E-state index contributed by atoms with van der Waals surface area (Å²) >= 11 is 6.81. The highest BCUT2D eigenvalue weighted by molar-refractivity contribution is 8.00. The minimum atomic E-state index is -0.599. The molecule has 0 aliphatic heterocycles. The number of anilines is 2. The maximum absolute atomic E-state index is 13.6. The standard InChI is InChI=1S/C18H18ClFN2O2S/c1-11-3-5-15(12(2)7-11)21-17(23)9-25-10-18(24)22-16-6-4-13(19)8-14(16)20/h3-8H,9-10H2,1-2H3,(H,21,23)(H,22,24). The number of thioether (sulfide) groups is 1. The van der Waals surface area contributed by atoms with E-state index in [1.54, 1.807) is 0 Å². The summed E-state index contributed by atoms with van der Waals surface area (Å²) in [5.74, 6) is -1.00. The third-order valence-corrected chi connectivity index (χ3v) is 4.50. The maximum Gasteiger partial charge on any atom is 0.234 e. The molecule has 0 spiro atoms. The predicted octanol–water partition coefficient (Wildman–Crippen LogP) is 4.41. The number of carbonyl (C=O) groups excluding carboxylic acids is 2. The Kier molecular flexibility index (Phi) is 6.84. The van der Waals surface area contributed by atoms with Gasteiger partial charge in [-0.15, -0.1) is 11.8 Å².